The molecule has 1 aliphatic heterocycles. The van der Waals surface area contributed by atoms with Crippen molar-refractivity contribution in [3.63, 3.8) is 0 Å². The Kier molecular flexibility index (Phi) is 7.46. The number of aromatic nitrogens is 3. The monoisotopic (exact) mass is 415 g/mol. The first-order valence-corrected chi connectivity index (χ1v) is 10.5. The minimum atomic E-state index is -0.241. The third-order valence-electron chi connectivity index (χ3n) is 4.45. The first kappa shape index (κ1) is 21.1. The van der Waals surface area contributed by atoms with Gasteiger partial charge in [-0.1, -0.05) is 0 Å². The molecule has 0 spiro atoms. The molecule has 1 fully saturated rings. The summed E-state index contributed by atoms with van der Waals surface area (Å²) in [7, 11) is 0. The Morgan fingerprint density at radius 3 is 3.14 bits per heavy atom. The molecule has 2 aromatic heterocycles. The Labute approximate surface area is 174 Å². The lowest BCUT2D eigenvalue weighted by Crippen LogP contribution is -2.28. The summed E-state index contributed by atoms with van der Waals surface area (Å²) < 4.78 is 5.41. The van der Waals surface area contributed by atoms with Gasteiger partial charge in [0.15, 0.2) is 5.13 Å². The van der Waals surface area contributed by atoms with Gasteiger partial charge in [0.25, 0.3) is 5.91 Å². The second-order valence-electron chi connectivity index (χ2n) is 6.93. The van der Waals surface area contributed by atoms with Crippen LogP contribution in [-0.4, -0.2) is 58.1 Å². The number of rotatable bonds is 9. The van der Waals surface area contributed by atoms with Crippen LogP contribution in [0.1, 0.15) is 48.9 Å². The maximum absolute atomic E-state index is 12.2. The molecule has 0 saturated carbocycles. The van der Waals surface area contributed by atoms with Crippen LogP contribution >= 0.6 is 11.3 Å². The molecule has 1 saturated heterocycles. The highest BCUT2D eigenvalue weighted by atomic mass is 32.1. The number of carbonyl (C=O) groups is 1. The van der Waals surface area contributed by atoms with Crippen LogP contribution in [0.15, 0.2) is 17.6 Å². The predicted molar refractivity (Wildman–Crippen MR) is 110 cm³/mol. The average Bonchev–Trinajstić information content (AvgIpc) is 3.35. The molecular formula is C19H25N7O2S. The molecule has 3 rings (SSSR count). The highest BCUT2D eigenvalue weighted by molar-refractivity contribution is 7.14. The number of hydrogen-bond donors (Lipinski definition) is 2. The summed E-state index contributed by atoms with van der Waals surface area (Å²) in [5, 5.41) is 17.1. The van der Waals surface area contributed by atoms with Crippen LogP contribution < -0.4 is 10.6 Å². The standard InChI is InChI=1S/C19H25N7O2S/c1-13(2)28-11-8-21-17(27)15-12-29-19(24-15)25-18-22-7-5-14(23-18)16-4-3-9-26(16)10-6-20/h5,7,12-13,16H,3-4,8-11H2,1-2H3,(H,21,27)(H,22,23,24,25). The van der Waals surface area contributed by atoms with E-state index in [1.54, 1.807) is 11.6 Å². The maximum atomic E-state index is 12.2. The van der Waals surface area contributed by atoms with Crippen molar-refractivity contribution < 1.29 is 9.53 Å². The summed E-state index contributed by atoms with van der Waals surface area (Å²) in [4.78, 5) is 27.4. The fraction of sp³-hybridized carbons (Fsp3) is 0.526. The Bertz CT molecular complexity index is 864. The Morgan fingerprint density at radius 1 is 1.48 bits per heavy atom. The number of ether oxygens (including phenoxy) is 1. The van der Waals surface area contributed by atoms with Crippen molar-refractivity contribution >= 4 is 28.3 Å². The number of likely N-dealkylation sites (tertiary alicyclic amines) is 1. The molecule has 1 atom stereocenters. The van der Waals surface area contributed by atoms with E-state index < -0.39 is 0 Å². The van der Waals surface area contributed by atoms with Gasteiger partial charge in [0.05, 0.1) is 37.1 Å². The summed E-state index contributed by atoms with van der Waals surface area (Å²) in [5.41, 5.74) is 1.23. The van der Waals surface area contributed by atoms with E-state index in [1.165, 1.54) is 11.3 Å². The van der Waals surface area contributed by atoms with Gasteiger partial charge in [-0.15, -0.1) is 11.3 Å². The highest BCUT2D eigenvalue weighted by Crippen LogP contribution is 2.30. The summed E-state index contributed by atoms with van der Waals surface area (Å²) in [5.74, 6) is 0.187. The van der Waals surface area contributed by atoms with Gasteiger partial charge in [0.2, 0.25) is 5.95 Å². The minimum absolute atomic E-state index is 0.129. The first-order chi connectivity index (χ1) is 14.1. The van der Waals surface area contributed by atoms with E-state index in [-0.39, 0.29) is 18.1 Å². The van der Waals surface area contributed by atoms with E-state index in [0.29, 0.717) is 36.5 Å². The molecule has 29 heavy (non-hydrogen) atoms. The summed E-state index contributed by atoms with van der Waals surface area (Å²) in [6, 6.07) is 4.22. The van der Waals surface area contributed by atoms with Crippen molar-refractivity contribution in [3.8, 4) is 6.07 Å². The van der Waals surface area contributed by atoms with Gasteiger partial charge in [-0.25, -0.2) is 15.0 Å². The number of thiazole rings is 1. The lowest BCUT2D eigenvalue weighted by atomic mass is 10.1. The third kappa shape index (κ3) is 5.93. The lowest BCUT2D eigenvalue weighted by molar-refractivity contribution is 0.0745. The molecule has 2 aromatic rings. The number of anilines is 2. The van der Waals surface area contributed by atoms with Crippen molar-refractivity contribution in [1.29, 1.82) is 5.26 Å². The molecule has 1 amide bonds. The van der Waals surface area contributed by atoms with Gasteiger partial charge in [0, 0.05) is 18.1 Å². The van der Waals surface area contributed by atoms with Crippen LogP contribution in [0.2, 0.25) is 0 Å². The van der Waals surface area contributed by atoms with E-state index >= 15 is 0 Å². The van der Waals surface area contributed by atoms with Gasteiger partial charge in [-0.05, 0) is 39.3 Å². The number of nitrogens with zero attached hydrogens (tertiary/aromatic N) is 5. The van der Waals surface area contributed by atoms with Crippen molar-refractivity contribution in [2.24, 2.45) is 0 Å². The molecule has 1 aliphatic rings. The molecular weight excluding hydrogens is 390 g/mol. The number of amides is 1. The Balaban J connectivity index is 1.58. The highest BCUT2D eigenvalue weighted by Gasteiger charge is 2.27. The van der Waals surface area contributed by atoms with E-state index in [4.69, 9.17) is 10.00 Å². The molecule has 0 aromatic carbocycles. The van der Waals surface area contributed by atoms with Gasteiger partial charge in [-0.3, -0.25) is 9.69 Å². The van der Waals surface area contributed by atoms with Gasteiger partial charge in [0.1, 0.15) is 5.69 Å². The van der Waals surface area contributed by atoms with Crippen molar-refractivity contribution in [3.05, 3.63) is 29.0 Å². The van der Waals surface area contributed by atoms with Crippen LogP contribution in [0, 0.1) is 11.3 Å². The number of hydrogen-bond acceptors (Lipinski definition) is 9. The van der Waals surface area contributed by atoms with Crippen molar-refractivity contribution in [1.82, 2.24) is 25.2 Å². The second-order valence-corrected chi connectivity index (χ2v) is 7.79. The van der Waals surface area contributed by atoms with Crippen molar-refractivity contribution in [2.75, 3.05) is 31.6 Å². The molecule has 1 unspecified atom stereocenters. The van der Waals surface area contributed by atoms with Gasteiger partial charge >= 0.3 is 0 Å². The fourth-order valence-corrected chi connectivity index (χ4v) is 3.82. The van der Waals surface area contributed by atoms with Gasteiger partial charge in [-0.2, -0.15) is 5.26 Å². The van der Waals surface area contributed by atoms with E-state index in [0.717, 1.165) is 25.1 Å². The van der Waals surface area contributed by atoms with Crippen LogP contribution in [0.4, 0.5) is 11.1 Å². The van der Waals surface area contributed by atoms with Crippen LogP contribution in [0.5, 0.6) is 0 Å². The van der Waals surface area contributed by atoms with E-state index in [1.807, 2.05) is 19.9 Å². The molecule has 0 bridgehead atoms. The third-order valence-corrected chi connectivity index (χ3v) is 5.21. The number of nitriles is 1. The van der Waals surface area contributed by atoms with Crippen molar-refractivity contribution in [2.45, 2.75) is 38.8 Å². The molecule has 3 heterocycles. The maximum Gasteiger partial charge on any atom is 0.270 e. The lowest BCUT2D eigenvalue weighted by Gasteiger charge is -2.21. The Hall–Kier alpha value is -2.61. The van der Waals surface area contributed by atoms with Crippen LogP contribution in [-0.2, 0) is 4.74 Å². The van der Waals surface area contributed by atoms with Crippen LogP contribution in [0.3, 0.4) is 0 Å². The topological polar surface area (TPSA) is 116 Å². The quantitative estimate of drug-likeness (QED) is 0.474. The molecule has 0 aliphatic carbocycles. The first-order valence-electron chi connectivity index (χ1n) is 9.63. The van der Waals surface area contributed by atoms with Crippen LogP contribution in [0.25, 0.3) is 0 Å². The molecule has 0 radical (unpaired) electrons. The summed E-state index contributed by atoms with van der Waals surface area (Å²) in [6.45, 7) is 6.09. The zero-order valence-corrected chi connectivity index (χ0v) is 17.4. The summed E-state index contributed by atoms with van der Waals surface area (Å²) in [6.07, 6.45) is 3.85. The molecule has 9 nitrogen and oxygen atoms in total. The smallest absolute Gasteiger partial charge is 0.270 e. The predicted octanol–water partition coefficient (Wildman–Crippen LogP) is 2.49. The zero-order valence-electron chi connectivity index (χ0n) is 16.6. The normalized spacial score (nSPS) is 16.7. The average molecular weight is 416 g/mol. The van der Waals surface area contributed by atoms with Gasteiger partial charge < -0.3 is 15.4 Å². The molecule has 10 heteroatoms. The largest absolute Gasteiger partial charge is 0.377 e. The van der Waals surface area contributed by atoms with E-state index in [9.17, 15) is 4.79 Å². The molecule has 2 N–H and O–H groups in total. The SMILES string of the molecule is CC(C)OCCNC(=O)c1csc(Nc2nccc(C3CCCN3CC#N)n2)n1. The zero-order chi connectivity index (χ0) is 20.6. The number of carbonyl (C=O) groups excluding carboxylic acids is 1. The number of nitrogens with one attached hydrogen (secondary N) is 2. The van der Waals surface area contributed by atoms with E-state index in [2.05, 4.69) is 36.6 Å². The minimum Gasteiger partial charge on any atom is -0.377 e. The summed E-state index contributed by atoms with van der Waals surface area (Å²) >= 11 is 1.32. The second kappa shape index (κ2) is 10.2. The fourth-order valence-electron chi connectivity index (χ4n) is 3.14. The Morgan fingerprint density at radius 2 is 2.34 bits per heavy atom. The molecule has 154 valence electrons.